The zero-order valence-electron chi connectivity index (χ0n) is 14.4. The Morgan fingerprint density at radius 1 is 1.16 bits per heavy atom. The van der Waals surface area contributed by atoms with E-state index in [1.165, 1.54) is 11.5 Å². The number of rotatable bonds is 4. The highest BCUT2D eigenvalue weighted by Gasteiger charge is 2.23. The van der Waals surface area contributed by atoms with Gasteiger partial charge in [-0.1, -0.05) is 0 Å². The largest absolute Gasteiger partial charge is 0.378 e. The number of hydrogen-bond acceptors (Lipinski definition) is 9. The zero-order valence-corrected chi connectivity index (χ0v) is 15.2. The first-order chi connectivity index (χ1) is 12.3. The summed E-state index contributed by atoms with van der Waals surface area (Å²) in [6, 6.07) is 2.46. The first kappa shape index (κ1) is 16.5. The molecule has 2 aliphatic rings. The number of nitrogens with one attached hydrogen (secondary N) is 1. The van der Waals surface area contributed by atoms with E-state index in [1.54, 1.807) is 6.33 Å². The van der Waals surface area contributed by atoms with Gasteiger partial charge in [0, 0.05) is 49.8 Å². The van der Waals surface area contributed by atoms with Crippen LogP contribution in [0, 0.1) is 6.92 Å². The van der Waals surface area contributed by atoms with Crippen molar-refractivity contribution in [3.05, 3.63) is 18.2 Å². The van der Waals surface area contributed by atoms with E-state index in [2.05, 4.69) is 40.5 Å². The number of anilines is 3. The van der Waals surface area contributed by atoms with Crippen LogP contribution in [0.3, 0.4) is 0 Å². The van der Waals surface area contributed by atoms with Gasteiger partial charge < -0.3 is 19.9 Å². The Morgan fingerprint density at radius 3 is 2.72 bits per heavy atom. The summed E-state index contributed by atoms with van der Waals surface area (Å²) in [6.07, 6.45) is 3.94. The lowest BCUT2D eigenvalue weighted by Gasteiger charge is -2.34. The molecule has 2 aromatic rings. The molecule has 4 heterocycles. The van der Waals surface area contributed by atoms with Gasteiger partial charge >= 0.3 is 0 Å². The van der Waals surface area contributed by atoms with Gasteiger partial charge in [-0.3, -0.25) is 0 Å². The van der Waals surface area contributed by atoms with Crippen LogP contribution in [-0.4, -0.2) is 64.8 Å². The number of aromatic nitrogens is 4. The van der Waals surface area contributed by atoms with Crippen molar-refractivity contribution >= 4 is 28.3 Å². The Balaban J connectivity index is 1.43. The molecule has 2 saturated heterocycles. The van der Waals surface area contributed by atoms with Crippen molar-refractivity contribution in [3.63, 3.8) is 0 Å². The van der Waals surface area contributed by atoms with Crippen molar-refractivity contribution in [2.75, 3.05) is 54.5 Å². The average Bonchev–Trinajstić information content (AvgIpc) is 3.07. The highest BCUT2D eigenvalue weighted by molar-refractivity contribution is 7.09. The van der Waals surface area contributed by atoms with Gasteiger partial charge in [0.1, 0.15) is 23.8 Å². The fraction of sp³-hybridized carbons (Fsp3) is 0.625. The van der Waals surface area contributed by atoms with E-state index in [9.17, 15) is 0 Å². The van der Waals surface area contributed by atoms with Gasteiger partial charge in [0.25, 0.3) is 0 Å². The SMILES string of the molecule is Cc1nsc(NC2CCCN(c3cc(N4CCOCC4)ncn3)C2)n1. The summed E-state index contributed by atoms with van der Waals surface area (Å²) in [4.78, 5) is 18.0. The predicted molar refractivity (Wildman–Crippen MR) is 98.6 cm³/mol. The maximum atomic E-state index is 5.43. The van der Waals surface area contributed by atoms with Gasteiger partial charge in [0.2, 0.25) is 5.13 Å². The third-order valence-electron chi connectivity index (χ3n) is 4.57. The lowest BCUT2D eigenvalue weighted by molar-refractivity contribution is 0.122. The summed E-state index contributed by atoms with van der Waals surface area (Å²) in [5.74, 6) is 2.81. The van der Waals surface area contributed by atoms with E-state index in [0.29, 0.717) is 6.04 Å². The molecule has 0 bridgehead atoms. The second-order valence-corrected chi connectivity index (χ2v) is 7.16. The second kappa shape index (κ2) is 7.49. The van der Waals surface area contributed by atoms with Crippen molar-refractivity contribution in [3.8, 4) is 0 Å². The fourth-order valence-electron chi connectivity index (χ4n) is 3.31. The van der Waals surface area contributed by atoms with Crippen LogP contribution in [0.2, 0.25) is 0 Å². The van der Waals surface area contributed by atoms with E-state index in [4.69, 9.17) is 4.74 Å². The van der Waals surface area contributed by atoms with E-state index >= 15 is 0 Å². The lowest BCUT2D eigenvalue weighted by atomic mass is 10.1. The van der Waals surface area contributed by atoms with E-state index in [-0.39, 0.29) is 0 Å². The smallest absolute Gasteiger partial charge is 0.202 e. The molecule has 2 aromatic heterocycles. The van der Waals surface area contributed by atoms with Gasteiger partial charge in [-0.2, -0.15) is 4.37 Å². The molecular formula is C16H23N7OS. The second-order valence-electron chi connectivity index (χ2n) is 6.41. The van der Waals surface area contributed by atoms with Crippen molar-refractivity contribution in [1.29, 1.82) is 0 Å². The standard InChI is InChI=1S/C16H23N7OS/c1-12-19-16(25-21-12)20-13-3-2-4-23(10-13)15-9-14(17-11-18-15)22-5-7-24-8-6-22/h9,11,13H,2-8,10H2,1H3,(H,19,20,21). The molecule has 8 nitrogen and oxygen atoms in total. The zero-order chi connectivity index (χ0) is 17.1. The Kier molecular flexibility index (Phi) is 4.93. The highest BCUT2D eigenvalue weighted by atomic mass is 32.1. The van der Waals surface area contributed by atoms with Gasteiger partial charge in [-0.15, -0.1) is 0 Å². The molecule has 1 atom stereocenters. The summed E-state index contributed by atoms with van der Waals surface area (Å²) < 4.78 is 9.67. The predicted octanol–water partition coefficient (Wildman–Crippen LogP) is 1.55. The van der Waals surface area contributed by atoms with Crippen LogP contribution in [-0.2, 0) is 4.74 Å². The summed E-state index contributed by atoms with van der Waals surface area (Å²) >= 11 is 1.43. The molecule has 134 valence electrons. The third kappa shape index (κ3) is 3.98. The third-order valence-corrected chi connectivity index (χ3v) is 5.31. The van der Waals surface area contributed by atoms with Crippen LogP contribution >= 0.6 is 11.5 Å². The minimum Gasteiger partial charge on any atom is -0.378 e. The van der Waals surface area contributed by atoms with Crippen LogP contribution in [0.4, 0.5) is 16.8 Å². The van der Waals surface area contributed by atoms with Crippen LogP contribution in [0.25, 0.3) is 0 Å². The van der Waals surface area contributed by atoms with Gasteiger partial charge in [-0.25, -0.2) is 15.0 Å². The van der Waals surface area contributed by atoms with E-state index in [1.807, 2.05) is 6.92 Å². The highest BCUT2D eigenvalue weighted by Crippen LogP contribution is 2.23. The van der Waals surface area contributed by atoms with Gasteiger partial charge in [0.05, 0.1) is 13.2 Å². The van der Waals surface area contributed by atoms with E-state index in [0.717, 1.165) is 74.8 Å². The molecule has 0 aliphatic carbocycles. The van der Waals surface area contributed by atoms with Crippen molar-refractivity contribution in [2.45, 2.75) is 25.8 Å². The first-order valence-corrected chi connectivity index (χ1v) is 9.52. The molecule has 0 amide bonds. The van der Waals surface area contributed by atoms with Gasteiger partial charge in [-0.05, 0) is 19.8 Å². The number of aryl methyl sites for hydroxylation is 1. The maximum Gasteiger partial charge on any atom is 0.202 e. The van der Waals surface area contributed by atoms with Crippen LogP contribution in [0.5, 0.6) is 0 Å². The molecular weight excluding hydrogens is 338 g/mol. The Morgan fingerprint density at radius 2 is 1.96 bits per heavy atom. The number of piperidine rings is 1. The molecule has 25 heavy (non-hydrogen) atoms. The summed E-state index contributed by atoms with van der Waals surface area (Å²) in [5.41, 5.74) is 0. The van der Waals surface area contributed by atoms with Crippen LogP contribution in [0.15, 0.2) is 12.4 Å². The molecule has 0 radical (unpaired) electrons. The first-order valence-electron chi connectivity index (χ1n) is 8.74. The molecule has 2 fully saturated rings. The summed E-state index contributed by atoms with van der Waals surface area (Å²) in [6.45, 7) is 7.15. The molecule has 9 heteroatoms. The number of hydrogen-bond donors (Lipinski definition) is 1. The minimum atomic E-state index is 0.364. The normalized spacial score (nSPS) is 21.4. The van der Waals surface area contributed by atoms with E-state index < -0.39 is 0 Å². The number of morpholine rings is 1. The molecule has 0 aromatic carbocycles. The Hall–Kier alpha value is -2.00. The average molecular weight is 361 g/mol. The number of ether oxygens (including phenoxy) is 1. The number of nitrogens with zero attached hydrogens (tertiary/aromatic N) is 6. The fourth-order valence-corrected chi connectivity index (χ4v) is 3.96. The lowest BCUT2D eigenvalue weighted by Crippen LogP contribution is -2.42. The van der Waals surface area contributed by atoms with Crippen LogP contribution < -0.4 is 15.1 Å². The molecule has 1 unspecified atom stereocenters. The van der Waals surface area contributed by atoms with Crippen molar-refractivity contribution < 1.29 is 4.74 Å². The Bertz CT molecular complexity index is 703. The van der Waals surface area contributed by atoms with Crippen molar-refractivity contribution in [1.82, 2.24) is 19.3 Å². The minimum absolute atomic E-state index is 0.364. The summed E-state index contributed by atoms with van der Waals surface area (Å²) in [5, 5.41) is 4.42. The maximum absolute atomic E-state index is 5.43. The molecule has 2 aliphatic heterocycles. The van der Waals surface area contributed by atoms with Crippen molar-refractivity contribution in [2.24, 2.45) is 0 Å². The quantitative estimate of drug-likeness (QED) is 0.879. The van der Waals surface area contributed by atoms with Gasteiger partial charge in [0.15, 0.2) is 0 Å². The molecule has 0 spiro atoms. The summed E-state index contributed by atoms with van der Waals surface area (Å²) in [7, 11) is 0. The monoisotopic (exact) mass is 361 g/mol. The molecule has 4 rings (SSSR count). The van der Waals surface area contributed by atoms with Crippen LogP contribution in [0.1, 0.15) is 18.7 Å². The topological polar surface area (TPSA) is 79.3 Å². The Labute approximate surface area is 151 Å². The molecule has 1 N–H and O–H groups in total. The molecule has 0 saturated carbocycles.